The van der Waals surface area contributed by atoms with Gasteiger partial charge in [-0.05, 0) is 18.1 Å². The smallest absolute Gasteiger partial charge is 0.253 e. The van der Waals surface area contributed by atoms with Crippen LogP contribution in [-0.2, 0) is 0 Å². The van der Waals surface area contributed by atoms with Gasteiger partial charge in [-0.1, -0.05) is 32.8 Å². The molecule has 1 rings (SSSR count). The summed E-state index contributed by atoms with van der Waals surface area (Å²) in [6, 6.07) is 4.29. The molecule has 5 heteroatoms. The van der Waals surface area contributed by atoms with Gasteiger partial charge >= 0.3 is 0 Å². The predicted octanol–water partition coefficient (Wildman–Crippen LogP) is 2.28. The molecule has 0 aromatic heterocycles. The third-order valence-electron chi connectivity index (χ3n) is 3.11. The highest BCUT2D eigenvalue weighted by molar-refractivity contribution is 5.99. The molecule has 4 N–H and O–H groups in total. The molecule has 0 saturated heterocycles. The molecular formula is C13H20FN3O. The molecular weight excluding hydrogens is 233 g/mol. The van der Waals surface area contributed by atoms with Crippen LogP contribution in [0.4, 0.5) is 10.1 Å². The zero-order valence-electron chi connectivity index (χ0n) is 10.8. The van der Waals surface area contributed by atoms with Crippen LogP contribution >= 0.6 is 0 Å². The number of hydrogen-bond acceptors (Lipinski definition) is 3. The molecule has 1 aromatic rings. The van der Waals surface area contributed by atoms with E-state index < -0.39 is 5.82 Å². The standard InChI is InChI=1S/C13H20FN3O/c1-3-9(4-2)8-16-13(18)10-6-5-7-11(14)12(10)17-15/h5-7,9,17H,3-4,8,15H2,1-2H3,(H,16,18). The Bertz CT molecular complexity index is 405. The molecule has 0 atom stereocenters. The van der Waals surface area contributed by atoms with Gasteiger partial charge in [-0.25, -0.2) is 4.39 Å². The minimum Gasteiger partial charge on any atom is -0.352 e. The number of rotatable bonds is 6. The van der Waals surface area contributed by atoms with Crippen molar-refractivity contribution in [2.75, 3.05) is 12.0 Å². The van der Waals surface area contributed by atoms with Gasteiger partial charge in [-0.2, -0.15) is 0 Å². The maximum absolute atomic E-state index is 13.4. The number of amides is 1. The molecule has 1 amide bonds. The highest BCUT2D eigenvalue weighted by Crippen LogP contribution is 2.18. The number of hydrogen-bond donors (Lipinski definition) is 3. The normalized spacial score (nSPS) is 10.5. The molecule has 0 radical (unpaired) electrons. The van der Waals surface area contributed by atoms with Crippen molar-refractivity contribution in [3.05, 3.63) is 29.6 Å². The number of nitrogen functional groups attached to an aromatic ring is 1. The Morgan fingerprint density at radius 3 is 2.61 bits per heavy atom. The van der Waals surface area contributed by atoms with E-state index in [-0.39, 0.29) is 17.2 Å². The van der Waals surface area contributed by atoms with Crippen molar-refractivity contribution < 1.29 is 9.18 Å². The van der Waals surface area contributed by atoms with Crippen molar-refractivity contribution in [1.82, 2.24) is 5.32 Å². The SMILES string of the molecule is CCC(CC)CNC(=O)c1cccc(F)c1NN. The van der Waals surface area contributed by atoms with E-state index >= 15 is 0 Å². The van der Waals surface area contributed by atoms with E-state index in [1.165, 1.54) is 12.1 Å². The van der Waals surface area contributed by atoms with Gasteiger partial charge < -0.3 is 10.7 Å². The van der Waals surface area contributed by atoms with E-state index in [0.29, 0.717) is 12.5 Å². The summed E-state index contributed by atoms with van der Waals surface area (Å²) in [6.45, 7) is 4.75. The van der Waals surface area contributed by atoms with Crippen LogP contribution in [0, 0.1) is 11.7 Å². The lowest BCUT2D eigenvalue weighted by molar-refractivity contribution is 0.0947. The summed E-state index contributed by atoms with van der Waals surface area (Å²) >= 11 is 0. The van der Waals surface area contributed by atoms with Crippen molar-refractivity contribution in [3.63, 3.8) is 0 Å². The average molecular weight is 253 g/mol. The molecule has 100 valence electrons. The topological polar surface area (TPSA) is 67.2 Å². The highest BCUT2D eigenvalue weighted by Gasteiger charge is 2.15. The number of carbonyl (C=O) groups is 1. The van der Waals surface area contributed by atoms with Crippen molar-refractivity contribution in [1.29, 1.82) is 0 Å². The molecule has 0 fully saturated rings. The van der Waals surface area contributed by atoms with E-state index in [9.17, 15) is 9.18 Å². The Morgan fingerprint density at radius 2 is 2.06 bits per heavy atom. The molecule has 0 aliphatic heterocycles. The third-order valence-corrected chi connectivity index (χ3v) is 3.11. The number of carbonyl (C=O) groups excluding carboxylic acids is 1. The van der Waals surface area contributed by atoms with Crippen LogP contribution in [0.3, 0.4) is 0 Å². The van der Waals surface area contributed by atoms with Crippen molar-refractivity contribution in [2.45, 2.75) is 26.7 Å². The number of nitrogens with one attached hydrogen (secondary N) is 2. The van der Waals surface area contributed by atoms with Gasteiger partial charge in [0.05, 0.1) is 11.3 Å². The molecule has 0 heterocycles. The molecule has 0 bridgehead atoms. The molecule has 0 unspecified atom stereocenters. The Labute approximate surface area is 107 Å². The van der Waals surface area contributed by atoms with Crippen LogP contribution in [0.1, 0.15) is 37.0 Å². The minimum atomic E-state index is -0.535. The monoisotopic (exact) mass is 253 g/mol. The van der Waals surface area contributed by atoms with Gasteiger partial charge in [0, 0.05) is 6.54 Å². The summed E-state index contributed by atoms with van der Waals surface area (Å²) < 4.78 is 13.4. The number of benzene rings is 1. The molecule has 4 nitrogen and oxygen atoms in total. The second-order valence-corrected chi connectivity index (χ2v) is 4.20. The largest absolute Gasteiger partial charge is 0.352 e. The fraction of sp³-hybridized carbons (Fsp3) is 0.462. The lowest BCUT2D eigenvalue weighted by Crippen LogP contribution is -2.30. The van der Waals surface area contributed by atoms with Crippen molar-refractivity contribution >= 4 is 11.6 Å². The van der Waals surface area contributed by atoms with Gasteiger partial charge in [-0.15, -0.1) is 0 Å². The molecule has 0 aliphatic carbocycles. The van der Waals surface area contributed by atoms with Gasteiger partial charge in [0.2, 0.25) is 0 Å². The summed E-state index contributed by atoms with van der Waals surface area (Å²) in [7, 11) is 0. The van der Waals surface area contributed by atoms with Crippen LogP contribution in [0.25, 0.3) is 0 Å². The summed E-state index contributed by atoms with van der Waals surface area (Å²) in [4.78, 5) is 11.9. The van der Waals surface area contributed by atoms with E-state index in [2.05, 4.69) is 24.6 Å². The third kappa shape index (κ3) is 3.43. The maximum atomic E-state index is 13.4. The van der Waals surface area contributed by atoms with Crippen molar-refractivity contribution in [2.24, 2.45) is 11.8 Å². The van der Waals surface area contributed by atoms with Gasteiger partial charge in [-0.3, -0.25) is 10.6 Å². The number of anilines is 1. The van der Waals surface area contributed by atoms with Gasteiger partial charge in [0.15, 0.2) is 0 Å². The van der Waals surface area contributed by atoms with Crippen LogP contribution in [0.5, 0.6) is 0 Å². The van der Waals surface area contributed by atoms with E-state index in [1.807, 2.05) is 0 Å². The molecule has 0 aliphatic rings. The quantitative estimate of drug-likeness (QED) is 0.538. The fourth-order valence-electron chi connectivity index (χ4n) is 1.77. The van der Waals surface area contributed by atoms with Crippen LogP contribution in [0.2, 0.25) is 0 Å². The van der Waals surface area contributed by atoms with Crippen molar-refractivity contribution in [3.8, 4) is 0 Å². The summed E-state index contributed by atoms with van der Waals surface area (Å²) in [6.07, 6.45) is 2.00. The fourth-order valence-corrected chi connectivity index (χ4v) is 1.77. The lowest BCUT2D eigenvalue weighted by atomic mass is 10.0. The molecule has 1 aromatic carbocycles. The van der Waals surface area contributed by atoms with Crippen LogP contribution in [0.15, 0.2) is 18.2 Å². The molecule has 18 heavy (non-hydrogen) atoms. The number of hydrazine groups is 1. The highest BCUT2D eigenvalue weighted by atomic mass is 19.1. The Hall–Kier alpha value is -1.62. The minimum absolute atomic E-state index is 0.0274. The first kappa shape index (κ1) is 14.4. The second kappa shape index (κ2) is 6.96. The van der Waals surface area contributed by atoms with Gasteiger partial charge in [0.1, 0.15) is 5.82 Å². The number of halogens is 1. The summed E-state index contributed by atoms with van der Waals surface area (Å²) in [5.74, 6) is 4.82. The van der Waals surface area contributed by atoms with Crippen LogP contribution < -0.4 is 16.6 Å². The first-order valence-corrected chi connectivity index (χ1v) is 6.17. The van der Waals surface area contributed by atoms with Crippen LogP contribution in [-0.4, -0.2) is 12.5 Å². The number of para-hydroxylation sites is 1. The number of nitrogens with two attached hydrogens (primary N) is 1. The molecule has 0 saturated carbocycles. The Balaban J connectivity index is 2.75. The second-order valence-electron chi connectivity index (χ2n) is 4.20. The van der Waals surface area contributed by atoms with E-state index in [4.69, 9.17) is 5.84 Å². The first-order chi connectivity index (χ1) is 8.63. The zero-order chi connectivity index (χ0) is 13.5. The summed E-state index contributed by atoms with van der Waals surface area (Å²) in [5, 5.41) is 2.80. The van der Waals surface area contributed by atoms with E-state index in [0.717, 1.165) is 12.8 Å². The Kier molecular flexibility index (Phi) is 5.58. The Morgan fingerprint density at radius 1 is 1.39 bits per heavy atom. The summed E-state index contributed by atoms with van der Waals surface area (Å²) in [5.41, 5.74) is 2.48. The maximum Gasteiger partial charge on any atom is 0.253 e. The first-order valence-electron chi connectivity index (χ1n) is 6.17. The average Bonchev–Trinajstić information content (AvgIpc) is 2.39. The zero-order valence-corrected chi connectivity index (χ0v) is 10.8. The lowest BCUT2D eigenvalue weighted by Gasteiger charge is -2.14. The predicted molar refractivity (Wildman–Crippen MR) is 70.6 cm³/mol. The van der Waals surface area contributed by atoms with Gasteiger partial charge in [0.25, 0.3) is 5.91 Å². The van der Waals surface area contributed by atoms with E-state index in [1.54, 1.807) is 6.07 Å². The molecule has 0 spiro atoms.